The molecule has 0 bridgehead atoms. The average molecular weight is 393 g/mol. The van der Waals surface area contributed by atoms with Gasteiger partial charge in [-0.25, -0.2) is 20.8 Å². The lowest BCUT2D eigenvalue weighted by molar-refractivity contribution is 0.250. The number of ether oxygens (including phenoxy) is 1. The van der Waals surface area contributed by atoms with Gasteiger partial charge in [-0.2, -0.15) is 5.26 Å². The van der Waals surface area contributed by atoms with Crippen LogP contribution in [0.3, 0.4) is 0 Å². The van der Waals surface area contributed by atoms with Crippen molar-refractivity contribution >= 4 is 5.82 Å². The topological polar surface area (TPSA) is 98.1 Å². The van der Waals surface area contributed by atoms with Gasteiger partial charge in [-0.05, 0) is 44.0 Å². The molecule has 0 amide bonds. The summed E-state index contributed by atoms with van der Waals surface area (Å²) in [5.74, 6) is 2.12. The summed E-state index contributed by atoms with van der Waals surface area (Å²) < 4.78 is 5.74. The fourth-order valence-corrected chi connectivity index (χ4v) is 4.20. The Labute approximate surface area is 171 Å². The summed E-state index contributed by atoms with van der Waals surface area (Å²) in [7, 11) is 3.93. The average Bonchev–Trinajstić information content (AvgIpc) is 3.22. The number of nitrogens with zero attached hydrogens (tertiary/aromatic N) is 4. The predicted molar refractivity (Wildman–Crippen MR) is 110 cm³/mol. The minimum atomic E-state index is -0.00128. The molecule has 2 aliphatic rings. The summed E-state index contributed by atoms with van der Waals surface area (Å²) in [5.41, 5.74) is 9.41. The molecule has 3 heterocycles. The minimum Gasteiger partial charge on any atom is -0.496 e. The van der Waals surface area contributed by atoms with E-state index >= 15 is 0 Å². The number of nitrogens with one attached hydrogen (secondary N) is 3. The van der Waals surface area contributed by atoms with Crippen LogP contribution in [0.25, 0.3) is 0 Å². The zero-order chi connectivity index (χ0) is 20.2. The Kier molecular flexibility index (Phi) is 5.90. The lowest BCUT2D eigenvalue weighted by Crippen LogP contribution is -2.36. The lowest BCUT2D eigenvalue weighted by atomic mass is 9.89. The van der Waals surface area contributed by atoms with Crippen molar-refractivity contribution in [3.8, 4) is 11.8 Å². The van der Waals surface area contributed by atoms with Gasteiger partial charge in [-0.15, -0.1) is 0 Å². The third-order valence-electron chi connectivity index (χ3n) is 5.72. The van der Waals surface area contributed by atoms with Gasteiger partial charge in [0.15, 0.2) is 5.69 Å². The monoisotopic (exact) mass is 393 g/mol. The summed E-state index contributed by atoms with van der Waals surface area (Å²) in [4.78, 5) is 10.7. The first-order valence-electron chi connectivity index (χ1n) is 10.0. The molecule has 29 heavy (non-hydrogen) atoms. The molecule has 1 aromatic heterocycles. The SMILES string of the molecule is COc1cc(C2CCCN(C)C2)ccc1C1CC(Nc2cnc(C#N)cn2)NN1. The van der Waals surface area contributed by atoms with Crippen molar-refractivity contribution < 1.29 is 4.74 Å². The van der Waals surface area contributed by atoms with E-state index in [1.54, 1.807) is 13.3 Å². The molecule has 3 unspecified atom stereocenters. The van der Waals surface area contributed by atoms with Gasteiger partial charge in [0.25, 0.3) is 0 Å². The Morgan fingerprint density at radius 1 is 1.28 bits per heavy atom. The Morgan fingerprint density at radius 3 is 2.90 bits per heavy atom. The van der Waals surface area contributed by atoms with Gasteiger partial charge < -0.3 is 15.0 Å². The molecule has 0 aliphatic carbocycles. The second-order valence-corrected chi connectivity index (χ2v) is 7.78. The number of hydrogen-bond donors (Lipinski definition) is 3. The van der Waals surface area contributed by atoms with Crippen LogP contribution in [0, 0.1) is 11.3 Å². The summed E-state index contributed by atoms with van der Waals surface area (Å²) in [6.07, 6.45) is 6.33. The van der Waals surface area contributed by atoms with E-state index in [1.165, 1.54) is 31.1 Å². The second kappa shape index (κ2) is 8.74. The third-order valence-corrected chi connectivity index (χ3v) is 5.72. The number of methoxy groups -OCH3 is 1. The highest BCUT2D eigenvalue weighted by atomic mass is 16.5. The van der Waals surface area contributed by atoms with Gasteiger partial charge in [0.1, 0.15) is 17.6 Å². The second-order valence-electron chi connectivity index (χ2n) is 7.78. The predicted octanol–water partition coefficient (Wildman–Crippen LogP) is 2.14. The molecule has 2 fully saturated rings. The van der Waals surface area contributed by atoms with Crippen molar-refractivity contribution in [1.29, 1.82) is 5.26 Å². The van der Waals surface area contributed by atoms with E-state index in [-0.39, 0.29) is 12.2 Å². The van der Waals surface area contributed by atoms with Crippen molar-refractivity contribution in [1.82, 2.24) is 25.7 Å². The maximum atomic E-state index is 8.83. The van der Waals surface area contributed by atoms with Crippen LogP contribution in [0.2, 0.25) is 0 Å². The molecule has 0 saturated carbocycles. The Balaban J connectivity index is 1.43. The molecule has 0 radical (unpaired) electrons. The van der Waals surface area contributed by atoms with Crippen molar-refractivity contribution in [3.63, 3.8) is 0 Å². The molecule has 4 rings (SSSR count). The van der Waals surface area contributed by atoms with Gasteiger partial charge in [-0.1, -0.05) is 12.1 Å². The van der Waals surface area contributed by atoms with Crippen LogP contribution in [0.5, 0.6) is 5.75 Å². The van der Waals surface area contributed by atoms with Gasteiger partial charge in [-0.3, -0.25) is 0 Å². The zero-order valence-corrected chi connectivity index (χ0v) is 16.9. The van der Waals surface area contributed by atoms with Crippen LogP contribution < -0.4 is 20.9 Å². The number of likely N-dealkylation sites (N-methyl/N-ethyl adjacent to an activating group) is 1. The standard InChI is InChI=1S/C21H27N7O/c1-28-7-3-4-15(13-28)14-5-6-17(19(8-14)29-2)18-9-20(27-26-18)25-21-12-23-16(10-22)11-24-21/h5-6,8,11-12,15,18,20,26-27H,3-4,7,9,13H2,1-2H3,(H,24,25). The van der Waals surface area contributed by atoms with Crippen molar-refractivity contribution in [2.45, 2.75) is 37.4 Å². The number of anilines is 1. The maximum Gasteiger partial charge on any atom is 0.158 e. The largest absolute Gasteiger partial charge is 0.496 e. The first kappa shape index (κ1) is 19.6. The Hall–Kier alpha value is -2.73. The van der Waals surface area contributed by atoms with Crippen LogP contribution in [0.1, 0.15) is 48.0 Å². The zero-order valence-electron chi connectivity index (χ0n) is 16.9. The minimum absolute atomic E-state index is 0.00128. The molecule has 2 aromatic rings. The number of rotatable bonds is 5. The number of likely N-dealkylation sites (tertiary alicyclic amines) is 1. The van der Waals surface area contributed by atoms with Crippen LogP contribution >= 0.6 is 0 Å². The van der Waals surface area contributed by atoms with Crippen LogP contribution in [-0.2, 0) is 0 Å². The van der Waals surface area contributed by atoms with E-state index in [9.17, 15) is 0 Å². The van der Waals surface area contributed by atoms with Gasteiger partial charge in [0, 0.05) is 18.5 Å². The van der Waals surface area contributed by atoms with Crippen LogP contribution in [-0.4, -0.2) is 48.3 Å². The highest BCUT2D eigenvalue weighted by Gasteiger charge is 2.28. The smallest absolute Gasteiger partial charge is 0.158 e. The number of nitriles is 1. The van der Waals surface area contributed by atoms with Crippen molar-refractivity contribution in [3.05, 3.63) is 47.4 Å². The highest BCUT2D eigenvalue weighted by Crippen LogP contribution is 2.35. The number of hydrazine groups is 1. The van der Waals surface area contributed by atoms with Crippen LogP contribution in [0.4, 0.5) is 5.82 Å². The Bertz CT molecular complexity index is 880. The van der Waals surface area contributed by atoms with E-state index < -0.39 is 0 Å². The molecule has 1 aromatic carbocycles. The molecule has 8 nitrogen and oxygen atoms in total. The molecule has 2 saturated heterocycles. The van der Waals surface area contributed by atoms with Crippen molar-refractivity contribution in [2.24, 2.45) is 0 Å². The fourth-order valence-electron chi connectivity index (χ4n) is 4.20. The van der Waals surface area contributed by atoms with Gasteiger partial charge >= 0.3 is 0 Å². The molecule has 152 valence electrons. The molecular formula is C21H27N7O. The number of piperidine rings is 1. The number of hydrogen-bond acceptors (Lipinski definition) is 8. The maximum absolute atomic E-state index is 8.83. The molecule has 2 aliphatic heterocycles. The molecule has 3 atom stereocenters. The lowest BCUT2D eigenvalue weighted by Gasteiger charge is -2.30. The van der Waals surface area contributed by atoms with Crippen molar-refractivity contribution in [2.75, 3.05) is 32.6 Å². The van der Waals surface area contributed by atoms with E-state index in [4.69, 9.17) is 10.00 Å². The van der Waals surface area contributed by atoms with E-state index in [0.29, 0.717) is 17.4 Å². The molecule has 3 N–H and O–H groups in total. The third kappa shape index (κ3) is 4.48. The molecular weight excluding hydrogens is 366 g/mol. The molecule has 8 heteroatoms. The van der Waals surface area contributed by atoms with Crippen LogP contribution in [0.15, 0.2) is 30.6 Å². The highest BCUT2D eigenvalue weighted by molar-refractivity contribution is 5.42. The first-order valence-corrected chi connectivity index (χ1v) is 10.0. The Morgan fingerprint density at radius 2 is 2.17 bits per heavy atom. The van der Waals surface area contributed by atoms with Gasteiger partial charge in [0.2, 0.25) is 0 Å². The quantitative estimate of drug-likeness (QED) is 0.711. The van der Waals surface area contributed by atoms with E-state index in [1.807, 2.05) is 6.07 Å². The summed E-state index contributed by atoms with van der Waals surface area (Å²) in [6.45, 7) is 2.28. The van der Waals surface area contributed by atoms with E-state index in [2.05, 4.69) is 56.3 Å². The normalized spacial score (nSPS) is 24.8. The van der Waals surface area contributed by atoms with E-state index in [0.717, 1.165) is 24.3 Å². The number of aromatic nitrogens is 2. The molecule has 0 spiro atoms. The summed E-state index contributed by atoms with van der Waals surface area (Å²) >= 11 is 0. The fraction of sp³-hybridized carbons (Fsp3) is 0.476. The van der Waals surface area contributed by atoms with Gasteiger partial charge in [0.05, 0.1) is 31.7 Å². The number of benzene rings is 1. The summed E-state index contributed by atoms with van der Waals surface area (Å²) in [6, 6.07) is 8.73. The summed E-state index contributed by atoms with van der Waals surface area (Å²) in [5, 5.41) is 12.1. The first-order chi connectivity index (χ1) is 14.2.